The minimum Gasteiger partial charge on any atom is -0.353 e. The Hall–Kier alpha value is -1.29. The van der Waals surface area contributed by atoms with Crippen LogP contribution in [0.1, 0.15) is 5.56 Å². The molecule has 0 aliphatic rings. The van der Waals surface area contributed by atoms with Crippen LogP contribution in [-0.4, -0.2) is 19.6 Å². The summed E-state index contributed by atoms with van der Waals surface area (Å²) in [5, 5.41) is 10.5. The van der Waals surface area contributed by atoms with E-state index in [0.717, 1.165) is 19.0 Å². The predicted octanol–water partition coefficient (Wildman–Crippen LogP) is 1.60. The Balaban J connectivity index is 2.31. The van der Waals surface area contributed by atoms with Gasteiger partial charge in [-0.1, -0.05) is 6.08 Å². The summed E-state index contributed by atoms with van der Waals surface area (Å²) < 4.78 is 0. The third kappa shape index (κ3) is 3.62. The molecule has 2 N–H and O–H groups in total. The number of thiophene rings is 1. The van der Waals surface area contributed by atoms with Gasteiger partial charge in [-0.3, -0.25) is 4.99 Å². The van der Waals surface area contributed by atoms with Crippen LogP contribution in [0.4, 0.5) is 0 Å². The molecule has 14 heavy (non-hydrogen) atoms. The molecular weight excluding hydrogens is 194 g/mol. The number of guanidine groups is 1. The van der Waals surface area contributed by atoms with Gasteiger partial charge in [0.25, 0.3) is 0 Å². The van der Waals surface area contributed by atoms with Crippen molar-refractivity contribution in [2.24, 2.45) is 4.99 Å². The van der Waals surface area contributed by atoms with Crippen molar-refractivity contribution in [3.63, 3.8) is 0 Å². The van der Waals surface area contributed by atoms with Gasteiger partial charge in [-0.05, 0) is 22.4 Å². The average Bonchev–Trinajstić information content (AvgIpc) is 2.71. The van der Waals surface area contributed by atoms with Crippen LogP contribution in [0.15, 0.2) is 34.5 Å². The van der Waals surface area contributed by atoms with E-state index >= 15 is 0 Å². The molecule has 0 spiro atoms. The summed E-state index contributed by atoms with van der Waals surface area (Å²) in [4.78, 5) is 4.08. The summed E-state index contributed by atoms with van der Waals surface area (Å²) in [5.74, 6) is 0.802. The summed E-state index contributed by atoms with van der Waals surface area (Å²) in [6.45, 7) is 5.16. The highest BCUT2D eigenvalue weighted by Crippen LogP contribution is 2.04. The van der Waals surface area contributed by atoms with Gasteiger partial charge in [0, 0.05) is 20.1 Å². The fourth-order valence-electron chi connectivity index (χ4n) is 0.968. The molecule has 0 aliphatic carbocycles. The Kier molecular flexibility index (Phi) is 4.78. The minimum atomic E-state index is 0.726. The molecule has 1 aromatic rings. The first-order valence-electron chi connectivity index (χ1n) is 4.43. The van der Waals surface area contributed by atoms with Crippen molar-refractivity contribution in [2.75, 3.05) is 13.6 Å². The van der Waals surface area contributed by atoms with E-state index in [9.17, 15) is 0 Å². The molecule has 0 aromatic carbocycles. The van der Waals surface area contributed by atoms with Crippen LogP contribution in [0.5, 0.6) is 0 Å². The van der Waals surface area contributed by atoms with Crippen LogP contribution in [0.3, 0.4) is 0 Å². The molecule has 0 saturated heterocycles. The summed E-state index contributed by atoms with van der Waals surface area (Å²) in [7, 11) is 1.76. The lowest BCUT2D eigenvalue weighted by atomic mass is 10.3. The van der Waals surface area contributed by atoms with Crippen LogP contribution in [-0.2, 0) is 6.54 Å². The normalized spacial score (nSPS) is 11.1. The maximum atomic E-state index is 4.08. The van der Waals surface area contributed by atoms with E-state index in [0.29, 0.717) is 0 Å². The van der Waals surface area contributed by atoms with Gasteiger partial charge in [-0.2, -0.15) is 11.3 Å². The highest BCUT2D eigenvalue weighted by Gasteiger charge is 1.96. The van der Waals surface area contributed by atoms with Crippen LogP contribution in [0.2, 0.25) is 0 Å². The quantitative estimate of drug-likeness (QED) is 0.449. The molecule has 3 nitrogen and oxygen atoms in total. The molecule has 0 bridgehead atoms. The standard InChI is InChI=1S/C10H15N3S/c1-3-5-12-10(11-2)13-7-9-4-6-14-8-9/h3-4,6,8H,1,5,7H2,2H3,(H2,11,12,13). The zero-order chi connectivity index (χ0) is 10.2. The van der Waals surface area contributed by atoms with E-state index in [1.54, 1.807) is 24.5 Å². The molecule has 0 fully saturated rings. The molecule has 0 unspecified atom stereocenters. The molecule has 0 atom stereocenters. The van der Waals surface area contributed by atoms with Gasteiger partial charge < -0.3 is 10.6 Å². The SMILES string of the molecule is C=CCNC(=NC)NCc1ccsc1. The van der Waals surface area contributed by atoms with Crippen molar-refractivity contribution in [1.29, 1.82) is 0 Å². The maximum absolute atomic E-state index is 4.08. The molecule has 1 heterocycles. The molecule has 4 heteroatoms. The van der Waals surface area contributed by atoms with Gasteiger partial charge in [0.1, 0.15) is 0 Å². The van der Waals surface area contributed by atoms with E-state index in [1.807, 2.05) is 0 Å². The third-order valence-electron chi connectivity index (χ3n) is 1.68. The van der Waals surface area contributed by atoms with Crippen molar-refractivity contribution in [1.82, 2.24) is 10.6 Å². The lowest BCUT2D eigenvalue weighted by Gasteiger charge is -2.08. The van der Waals surface area contributed by atoms with Crippen molar-refractivity contribution in [3.05, 3.63) is 35.0 Å². The first-order chi connectivity index (χ1) is 6.86. The van der Waals surface area contributed by atoms with Gasteiger partial charge in [0.05, 0.1) is 0 Å². The van der Waals surface area contributed by atoms with Crippen molar-refractivity contribution >= 4 is 17.3 Å². The van der Waals surface area contributed by atoms with Gasteiger partial charge in [0.15, 0.2) is 5.96 Å². The largest absolute Gasteiger partial charge is 0.353 e. The monoisotopic (exact) mass is 209 g/mol. The van der Waals surface area contributed by atoms with Crippen LogP contribution in [0, 0.1) is 0 Å². The Labute approximate surface area is 88.6 Å². The molecule has 1 rings (SSSR count). The van der Waals surface area contributed by atoms with Gasteiger partial charge in [-0.25, -0.2) is 0 Å². The number of hydrogen-bond acceptors (Lipinski definition) is 2. The fourth-order valence-corrected chi connectivity index (χ4v) is 1.64. The van der Waals surface area contributed by atoms with Crippen LogP contribution < -0.4 is 10.6 Å². The van der Waals surface area contributed by atoms with Crippen molar-refractivity contribution in [3.8, 4) is 0 Å². The lowest BCUT2D eigenvalue weighted by Crippen LogP contribution is -2.36. The number of nitrogens with zero attached hydrogens (tertiary/aromatic N) is 1. The predicted molar refractivity (Wildman–Crippen MR) is 62.7 cm³/mol. The second kappa shape index (κ2) is 6.21. The number of nitrogens with one attached hydrogen (secondary N) is 2. The Morgan fingerprint density at radius 2 is 2.50 bits per heavy atom. The first-order valence-corrected chi connectivity index (χ1v) is 5.37. The third-order valence-corrected chi connectivity index (χ3v) is 2.41. The minimum absolute atomic E-state index is 0.726. The molecule has 0 aliphatic heterocycles. The number of aliphatic imine (C=N–C) groups is 1. The summed E-state index contributed by atoms with van der Waals surface area (Å²) >= 11 is 1.70. The summed E-state index contributed by atoms with van der Waals surface area (Å²) in [6.07, 6.45) is 1.80. The molecule has 1 aromatic heterocycles. The lowest BCUT2D eigenvalue weighted by molar-refractivity contribution is 0.850. The number of hydrogen-bond donors (Lipinski definition) is 2. The van der Waals surface area contributed by atoms with E-state index in [2.05, 4.69) is 39.0 Å². The van der Waals surface area contributed by atoms with E-state index < -0.39 is 0 Å². The molecule has 0 amide bonds. The second-order valence-corrected chi connectivity index (χ2v) is 3.51. The van der Waals surface area contributed by atoms with Gasteiger partial charge in [0.2, 0.25) is 0 Å². The zero-order valence-corrected chi connectivity index (χ0v) is 9.10. The maximum Gasteiger partial charge on any atom is 0.191 e. The molecule has 0 radical (unpaired) electrons. The second-order valence-electron chi connectivity index (χ2n) is 2.73. The fraction of sp³-hybridized carbons (Fsp3) is 0.300. The van der Waals surface area contributed by atoms with Crippen molar-refractivity contribution < 1.29 is 0 Å². The summed E-state index contributed by atoms with van der Waals surface area (Å²) in [5.41, 5.74) is 1.27. The Morgan fingerprint density at radius 1 is 1.64 bits per heavy atom. The highest BCUT2D eigenvalue weighted by molar-refractivity contribution is 7.07. The van der Waals surface area contributed by atoms with E-state index in [-0.39, 0.29) is 0 Å². The Bertz CT molecular complexity index is 290. The van der Waals surface area contributed by atoms with Gasteiger partial charge >= 0.3 is 0 Å². The molecule has 0 saturated carbocycles. The molecule has 76 valence electrons. The van der Waals surface area contributed by atoms with Crippen molar-refractivity contribution in [2.45, 2.75) is 6.54 Å². The topological polar surface area (TPSA) is 36.4 Å². The van der Waals surface area contributed by atoms with Crippen LogP contribution >= 0.6 is 11.3 Å². The summed E-state index contributed by atoms with van der Waals surface area (Å²) in [6, 6.07) is 2.10. The van der Waals surface area contributed by atoms with Gasteiger partial charge in [-0.15, -0.1) is 6.58 Å². The van der Waals surface area contributed by atoms with Crippen LogP contribution in [0.25, 0.3) is 0 Å². The highest BCUT2D eigenvalue weighted by atomic mass is 32.1. The smallest absolute Gasteiger partial charge is 0.191 e. The zero-order valence-electron chi connectivity index (χ0n) is 8.29. The molecular formula is C10H15N3S. The van der Waals surface area contributed by atoms with E-state index in [4.69, 9.17) is 0 Å². The Morgan fingerprint density at radius 3 is 3.07 bits per heavy atom. The first kappa shape index (κ1) is 10.8. The number of rotatable bonds is 4. The average molecular weight is 209 g/mol. The van der Waals surface area contributed by atoms with E-state index in [1.165, 1.54) is 5.56 Å².